The van der Waals surface area contributed by atoms with Gasteiger partial charge in [-0.15, -0.1) is 0 Å². The van der Waals surface area contributed by atoms with Crippen molar-refractivity contribution in [3.05, 3.63) is 53.6 Å². The summed E-state index contributed by atoms with van der Waals surface area (Å²) in [6.07, 6.45) is 0. The van der Waals surface area contributed by atoms with E-state index in [1.807, 2.05) is 44.2 Å². The van der Waals surface area contributed by atoms with Crippen LogP contribution in [0.15, 0.2) is 42.5 Å². The van der Waals surface area contributed by atoms with Crippen LogP contribution in [0.3, 0.4) is 0 Å². The monoisotopic (exact) mass is 408 g/mol. The Morgan fingerprint density at radius 2 is 1.86 bits per heavy atom. The Labute approximate surface area is 171 Å². The standard InChI is InChI=1S/C21H20N4O3S/c1-12-7-9-15(10-8-12)25-14(3)19(27)24(21(25)28)11-17(26)22-20-23-18-13(2)5-4-6-16(18)29-20/h4-10,14H,11H2,1-3H3,(H,22,23,26)/t14-/m0/s1. The van der Waals surface area contributed by atoms with Crippen molar-refractivity contribution < 1.29 is 14.4 Å². The van der Waals surface area contributed by atoms with E-state index in [4.69, 9.17) is 0 Å². The minimum Gasteiger partial charge on any atom is -0.300 e. The first-order chi connectivity index (χ1) is 13.8. The number of aryl methyl sites for hydroxylation is 2. The molecule has 0 aliphatic carbocycles. The number of urea groups is 1. The molecule has 8 heteroatoms. The molecule has 2 aromatic carbocycles. The fourth-order valence-electron chi connectivity index (χ4n) is 3.35. The van der Waals surface area contributed by atoms with Gasteiger partial charge >= 0.3 is 6.03 Å². The number of imide groups is 1. The van der Waals surface area contributed by atoms with Crippen molar-refractivity contribution >= 4 is 50.2 Å². The maximum Gasteiger partial charge on any atom is 0.332 e. The quantitative estimate of drug-likeness (QED) is 0.667. The molecular weight excluding hydrogens is 388 g/mol. The van der Waals surface area contributed by atoms with E-state index < -0.39 is 23.9 Å². The number of carbonyl (C=O) groups is 3. The lowest BCUT2D eigenvalue weighted by Crippen LogP contribution is -2.39. The van der Waals surface area contributed by atoms with E-state index in [1.54, 1.807) is 19.1 Å². The summed E-state index contributed by atoms with van der Waals surface area (Å²) in [4.78, 5) is 44.8. The van der Waals surface area contributed by atoms with Gasteiger partial charge in [0.25, 0.3) is 5.91 Å². The third-order valence-electron chi connectivity index (χ3n) is 4.93. The normalized spacial score (nSPS) is 16.7. The van der Waals surface area contributed by atoms with Crippen molar-refractivity contribution in [2.45, 2.75) is 26.8 Å². The summed E-state index contributed by atoms with van der Waals surface area (Å²) in [5.41, 5.74) is 3.54. The van der Waals surface area contributed by atoms with Crippen molar-refractivity contribution in [2.24, 2.45) is 0 Å². The minimum atomic E-state index is -0.664. The Kier molecular flexibility index (Phi) is 4.79. The van der Waals surface area contributed by atoms with Crippen molar-refractivity contribution in [1.29, 1.82) is 0 Å². The second-order valence-corrected chi connectivity index (χ2v) is 8.11. The molecule has 0 spiro atoms. The third-order valence-corrected chi connectivity index (χ3v) is 5.86. The highest BCUT2D eigenvalue weighted by atomic mass is 32.1. The largest absolute Gasteiger partial charge is 0.332 e. The number of benzene rings is 2. The summed E-state index contributed by atoms with van der Waals surface area (Å²) in [7, 11) is 0. The SMILES string of the molecule is Cc1ccc(N2C(=O)N(CC(=O)Nc3nc4c(C)cccc4s3)C(=O)[C@@H]2C)cc1. The Bertz CT molecular complexity index is 1120. The zero-order valence-electron chi connectivity index (χ0n) is 16.3. The molecule has 1 atom stereocenters. The van der Waals surface area contributed by atoms with Crippen LogP contribution in [0, 0.1) is 13.8 Å². The summed E-state index contributed by atoms with van der Waals surface area (Å²) in [6.45, 7) is 5.22. The van der Waals surface area contributed by atoms with Crippen LogP contribution >= 0.6 is 11.3 Å². The number of hydrogen-bond donors (Lipinski definition) is 1. The van der Waals surface area contributed by atoms with Crippen molar-refractivity contribution in [1.82, 2.24) is 9.88 Å². The number of aromatic nitrogens is 1. The van der Waals surface area contributed by atoms with Crippen molar-refractivity contribution in [2.75, 3.05) is 16.8 Å². The van der Waals surface area contributed by atoms with Crippen LogP contribution in [0.1, 0.15) is 18.1 Å². The zero-order chi connectivity index (χ0) is 20.7. The first-order valence-electron chi connectivity index (χ1n) is 9.22. The number of anilines is 2. The predicted molar refractivity (Wildman–Crippen MR) is 113 cm³/mol. The second kappa shape index (κ2) is 7.29. The molecule has 0 radical (unpaired) electrons. The molecule has 0 unspecified atom stereocenters. The molecule has 4 amide bonds. The number of fused-ring (bicyclic) bond motifs is 1. The number of nitrogens with one attached hydrogen (secondary N) is 1. The summed E-state index contributed by atoms with van der Waals surface area (Å²) >= 11 is 1.36. The molecule has 0 saturated carbocycles. The zero-order valence-corrected chi connectivity index (χ0v) is 17.1. The van der Waals surface area contributed by atoms with Crippen LogP contribution in [-0.2, 0) is 9.59 Å². The van der Waals surface area contributed by atoms with Crippen molar-refractivity contribution in [3.63, 3.8) is 0 Å². The van der Waals surface area contributed by atoms with Gasteiger partial charge < -0.3 is 5.32 Å². The molecule has 29 heavy (non-hydrogen) atoms. The maximum atomic E-state index is 12.8. The smallest absolute Gasteiger partial charge is 0.300 e. The van der Waals surface area contributed by atoms with Gasteiger partial charge in [-0.2, -0.15) is 0 Å². The van der Waals surface area contributed by atoms with Gasteiger partial charge in [0.2, 0.25) is 5.91 Å². The Morgan fingerprint density at radius 3 is 2.55 bits per heavy atom. The van der Waals surface area contributed by atoms with Crippen LogP contribution in [0.4, 0.5) is 15.6 Å². The highest BCUT2D eigenvalue weighted by Gasteiger charge is 2.44. The van der Waals surface area contributed by atoms with E-state index in [0.29, 0.717) is 10.8 Å². The van der Waals surface area contributed by atoms with E-state index >= 15 is 0 Å². The summed E-state index contributed by atoms with van der Waals surface area (Å²) < 4.78 is 0.966. The predicted octanol–water partition coefficient (Wildman–Crippen LogP) is 3.71. The van der Waals surface area contributed by atoms with Gasteiger partial charge in [-0.1, -0.05) is 41.2 Å². The molecule has 148 valence electrons. The molecule has 1 saturated heterocycles. The van der Waals surface area contributed by atoms with Gasteiger partial charge in [-0.3, -0.25) is 19.4 Å². The number of rotatable bonds is 4. The van der Waals surface area contributed by atoms with Gasteiger partial charge in [0, 0.05) is 5.69 Å². The first-order valence-corrected chi connectivity index (χ1v) is 10.0. The number of thiazole rings is 1. The number of para-hydroxylation sites is 1. The number of nitrogens with zero attached hydrogens (tertiary/aromatic N) is 3. The van der Waals surface area contributed by atoms with E-state index in [2.05, 4.69) is 10.3 Å². The van der Waals surface area contributed by atoms with Crippen LogP contribution in [-0.4, -0.2) is 40.3 Å². The van der Waals surface area contributed by atoms with E-state index in [0.717, 1.165) is 26.2 Å². The lowest BCUT2D eigenvalue weighted by molar-refractivity contribution is -0.130. The van der Waals surface area contributed by atoms with Crippen LogP contribution in [0.5, 0.6) is 0 Å². The molecule has 1 fully saturated rings. The Morgan fingerprint density at radius 1 is 1.14 bits per heavy atom. The molecule has 4 rings (SSSR count). The summed E-state index contributed by atoms with van der Waals surface area (Å²) in [5.74, 6) is -0.854. The summed E-state index contributed by atoms with van der Waals surface area (Å²) in [6, 6.07) is 12.0. The van der Waals surface area contributed by atoms with Gasteiger partial charge in [0.1, 0.15) is 12.6 Å². The highest BCUT2D eigenvalue weighted by Crippen LogP contribution is 2.29. The van der Waals surface area contributed by atoms with Crippen LogP contribution < -0.4 is 10.2 Å². The first kappa shape index (κ1) is 19.1. The lowest BCUT2D eigenvalue weighted by atomic mass is 10.2. The molecule has 3 aromatic rings. The van der Waals surface area contributed by atoms with Crippen LogP contribution in [0.25, 0.3) is 10.2 Å². The molecule has 0 bridgehead atoms. The van der Waals surface area contributed by atoms with Gasteiger partial charge in [-0.05, 0) is 44.5 Å². The number of hydrogen-bond acceptors (Lipinski definition) is 5. The fourth-order valence-corrected chi connectivity index (χ4v) is 4.31. The number of carbonyl (C=O) groups excluding carboxylic acids is 3. The molecule has 1 aliphatic rings. The average Bonchev–Trinajstić information content (AvgIpc) is 3.18. The molecule has 1 N–H and O–H groups in total. The molecule has 2 heterocycles. The van der Waals surface area contributed by atoms with Gasteiger partial charge in [-0.25, -0.2) is 9.78 Å². The van der Waals surface area contributed by atoms with E-state index in [-0.39, 0.29) is 6.54 Å². The molecular formula is C21H20N4O3S. The summed E-state index contributed by atoms with van der Waals surface area (Å²) in [5, 5.41) is 3.15. The lowest BCUT2D eigenvalue weighted by Gasteiger charge is -2.19. The van der Waals surface area contributed by atoms with Crippen molar-refractivity contribution in [3.8, 4) is 0 Å². The third kappa shape index (κ3) is 3.47. The minimum absolute atomic E-state index is 0.348. The average molecular weight is 408 g/mol. The van der Waals surface area contributed by atoms with E-state index in [9.17, 15) is 14.4 Å². The fraction of sp³-hybridized carbons (Fsp3) is 0.238. The molecule has 1 aromatic heterocycles. The van der Waals surface area contributed by atoms with E-state index in [1.165, 1.54) is 16.2 Å². The van der Waals surface area contributed by atoms with Gasteiger partial charge in [0.05, 0.1) is 10.2 Å². The Balaban J connectivity index is 1.50. The second-order valence-electron chi connectivity index (χ2n) is 7.08. The Hall–Kier alpha value is -3.26. The van der Waals surface area contributed by atoms with Gasteiger partial charge in [0.15, 0.2) is 5.13 Å². The number of amides is 4. The molecule has 7 nitrogen and oxygen atoms in total. The highest BCUT2D eigenvalue weighted by molar-refractivity contribution is 7.22. The topological polar surface area (TPSA) is 82.6 Å². The molecule has 1 aliphatic heterocycles. The maximum absolute atomic E-state index is 12.8. The van der Waals surface area contributed by atoms with Crippen LogP contribution in [0.2, 0.25) is 0 Å².